The molecule has 0 saturated heterocycles. The predicted molar refractivity (Wildman–Crippen MR) is 207 cm³/mol. The molecule has 0 aliphatic rings. The van der Waals surface area contributed by atoms with Crippen LogP contribution in [0.4, 0.5) is 39.8 Å². The van der Waals surface area contributed by atoms with Crippen LogP contribution in [-0.4, -0.2) is 42.1 Å². The zero-order valence-corrected chi connectivity index (χ0v) is 39.9. The number of hydrogen-bond acceptors (Lipinski definition) is 17. The number of aromatic carboxylic acids is 1. The summed E-state index contributed by atoms with van der Waals surface area (Å²) in [7, 11) is -10.8. The second-order valence-electron chi connectivity index (χ2n) is 12.4. The molecule has 0 fully saturated rings. The Morgan fingerprint density at radius 2 is 1.10 bits per heavy atom. The van der Waals surface area contributed by atoms with E-state index in [1.165, 1.54) is 24.3 Å². The smallest absolute Gasteiger partial charge is 0.744 e. The molecule has 0 radical (unpaired) electrons. The molecule has 0 spiro atoms. The largest absolute Gasteiger partial charge is 1.00 e. The number of carbonyl (C=O) groups is 1. The van der Waals surface area contributed by atoms with Crippen LogP contribution in [0.3, 0.4) is 0 Å². The molecule has 0 aliphatic heterocycles. The molecule has 290 valence electrons. The minimum absolute atomic E-state index is 0. The number of carbonyl (C=O) groups excluding carboxylic acids is 1. The van der Waals surface area contributed by atoms with Gasteiger partial charge in [0.25, 0.3) is 0 Å². The van der Waals surface area contributed by atoms with Gasteiger partial charge in [-0.05, 0) is 77.2 Å². The number of fused-ring (bicyclic) bond motifs is 2. The van der Waals surface area contributed by atoms with E-state index in [9.17, 15) is 46.1 Å². The minimum Gasteiger partial charge on any atom is -0.744 e. The molecule has 0 amide bonds. The summed E-state index contributed by atoms with van der Waals surface area (Å²) in [5, 5.41) is 56.7. The predicted octanol–water partition coefficient (Wildman–Crippen LogP) is -0.917. The molecule has 0 aliphatic carbocycles. The fraction of sp³-hybridized carbons (Fsp3) is 0. The maximum absolute atomic E-state index is 13.0. The number of anilines is 1. The van der Waals surface area contributed by atoms with Crippen LogP contribution < -0.4 is 99.5 Å². The molecule has 61 heavy (non-hydrogen) atoms. The number of hydrogen-bond donors (Lipinski definition) is 3. The molecular weight excluding hydrogens is 860 g/mol. The molecular formula is C39H24N7Na3O10S2. The summed E-state index contributed by atoms with van der Waals surface area (Å²) in [6.45, 7) is 0. The van der Waals surface area contributed by atoms with Gasteiger partial charge >= 0.3 is 88.7 Å². The normalized spacial score (nSPS) is 11.8. The van der Waals surface area contributed by atoms with Crippen molar-refractivity contribution < 1.29 is 135 Å². The summed E-state index contributed by atoms with van der Waals surface area (Å²) in [5.74, 6) is -2.87. The van der Waals surface area contributed by atoms with Gasteiger partial charge in [-0.3, -0.25) is 0 Å². The number of aromatic hydroxyl groups is 2. The monoisotopic (exact) mass is 883 g/mol. The van der Waals surface area contributed by atoms with Crippen molar-refractivity contribution >= 4 is 87.6 Å². The summed E-state index contributed by atoms with van der Waals surface area (Å²) in [5.41, 5.74) is 6.30. The Balaban J connectivity index is 0.00000273. The summed E-state index contributed by atoms with van der Waals surface area (Å²) in [6.07, 6.45) is 0. The van der Waals surface area contributed by atoms with Gasteiger partial charge in [-0.25, -0.2) is 16.8 Å². The maximum atomic E-state index is 13.0. The van der Waals surface area contributed by atoms with E-state index in [-0.39, 0.29) is 111 Å². The van der Waals surface area contributed by atoms with Crippen molar-refractivity contribution in [3.63, 3.8) is 0 Å². The van der Waals surface area contributed by atoms with Gasteiger partial charge in [0.2, 0.25) is 0 Å². The van der Waals surface area contributed by atoms with Crippen LogP contribution in [0.15, 0.2) is 162 Å². The molecule has 7 aromatic carbocycles. The molecule has 7 aromatic rings. The zero-order valence-electron chi connectivity index (χ0n) is 32.3. The number of nitrogens with two attached hydrogens (primary N) is 1. The number of benzene rings is 7. The average molecular weight is 884 g/mol. The second-order valence-corrected chi connectivity index (χ2v) is 15.1. The van der Waals surface area contributed by atoms with Crippen molar-refractivity contribution in [2.75, 3.05) is 5.73 Å². The fourth-order valence-electron chi connectivity index (χ4n) is 5.94. The number of carboxylic acids is 1. The number of phenols is 2. The van der Waals surface area contributed by atoms with E-state index >= 15 is 0 Å². The van der Waals surface area contributed by atoms with Crippen LogP contribution >= 0.6 is 0 Å². The first-order valence-corrected chi connectivity index (χ1v) is 19.4. The van der Waals surface area contributed by atoms with Gasteiger partial charge in [-0.15, -0.1) is 15.3 Å². The molecule has 4 N–H and O–H groups in total. The molecule has 0 aromatic heterocycles. The van der Waals surface area contributed by atoms with Crippen molar-refractivity contribution in [1.82, 2.24) is 0 Å². The molecule has 22 heteroatoms. The third-order valence-corrected chi connectivity index (χ3v) is 10.4. The number of rotatable bonds is 10. The first-order chi connectivity index (χ1) is 27.6. The number of phenolic OH excluding ortho intramolecular Hbond substituents is 1. The first-order valence-electron chi connectivity index (χ1n) is 16.6. The van der Waals surface area contributed by atoms with Gasteiger partial charge in [0.15, 0.2) is 0 Å². The van der Waals surface area contributed by atoms with Crippen LogP contribution in [0.1, 0.15) is 10.4 Å². The van der Waals surface area contributed by atoms with E-state index in [0.717, 1.165) is 23.1 Å². The molecule has 0 unspecified atom stereocenters. The van der Waals surface area contributed by atoms with E-state index in [0.29, 0.717) is 22.7 Å². The summed E-state index contributed by atoms with van der Waals surface area (Å²) in [6, 6.07) is 30.2. The topological polar surface area (TPSA) is 295 Å². The molecule has 17 nitrogen and oxygen atoms in total. The Hall–Kier alpha value is -4.45. The third kappa shape index (κ3) is 11.0. The number of azo groups is 3. The fourth-order valence-corrected chi connectivity index (χ4v) is 7.23. The number of carboxylic acid groups (broad SMARTS) is 1. The molecule has 7 rings (SSSR count). The van der Waals surface area contributed by atoms with Crippen molar-refractivity contribution in [3.05, 3.63) is 127 Å². The quantitative estimate of drug-likeness (QED) is 0.0654. The molecule has 0 bridgehead atoms. The Morgan fingerprint density at radius 1 is 0.557 bits per heavy atom. The maximum Gasteiger partial charge on any atom is 1.00 e. The summed E-state index contributed by atoms with van der Waals surface area (Å²) < 4.78 is 74.9. The van der Waals surface area contributed by atoms with E-state index < -0.39 is 75.5 Å². The van der Waals surface area contributed by atoms with Gasteiger partial charge in [-0.2, -0.15) is 15.3 Å². The van der Waals surface area contributed by atoms with E-state index in [1.807, 2.05) is 0 Å². The number of nitrogen functional groups attached to an aromatic ring is 1. The van der Waals surface area contributed by atoms with Crippen molar-refractivity contribution in [2.24, 2.45) is 30.7 Å². The zero-order chi connectivity index (χ0) is 41.4. The average Bonchev–Trinajstić information content (AvgIpc) is 3.19. The number of nitrogens with zero attached hydrogens (tertiary/aromatic N) is 6. The molecule has 0 atom stereocenters. The third-order valence-electron chi connectivity index (χ3n) is 8.68. The van der Waals surface area contributed by atoms with Gasteiger partial charge in [-0.1, -0.05) is 60.7 Å². The van der Waals surface area contributed by atoms with E-state index in [2.05, 4.69) is 30.7 Å². The molecule has 0 heterocycles. The Kier molecular flexibility index (Phi) is 16.3. The van der Waals surface area contributed by atoms with Gasteiger partial charge < -0.3 is 35.0 Å². The van der Waals surface area contributed by atoms with Crippen molar-refractivity contribution in [1.29, 1.82) is 0 Å². The second kappa shape index (κ2) is 20.2. The van der Waals surface area contributed by atoms with Crippen LogP contribution in [0.2, 0.25) is 0 Å². The van der Waals surface area contributed by atoms with Crippen molar-refractivity contribution in [3.8, 4) is 22.6 Å². The standard InChI is InChI=1S/C39H27N7O10S2.3Na/c40-35-34-30(19-27(20-33(34)48)57(51,52)53)36(45-44-31-7-3-5-23-4-1-2-6-28(23)31)38(58(54,55)56)37(35)46-42-25-14-10-22(11-15-25)21-8-12-24(13-9-21)41-43-26-16-17-32(47)29(18-26)39(49)50;;;/h1-20,47-48H,40H2,(H,49,50)(H,51,52,53)(H,54,55,56);;;/q;3*+1/p-3. The van der Waals surface area contributed by atoms with Crippen LogP contribution in [0, 0.1) is 0 Å². The molecule has 0 saturated carbocycles. The van der Waals surface area contributed by atoms with Crippen LogP contribution in [-0.2, 0) is 20.2 Å². The van der Waals surface area contributed by atoms with Gasteiger partial charge in [0.05, 0.1) is 44.7 Å². The SMILES string of the molecule is Nc1c(N=Nc2ccc(-c3ccc(N=Nc4ccc(O)c(C(=O)[O-])c4)cc3)cc2)c(S(=O)(=O)[O-])c(N=Nc2cccc3ccccc23)c2cc(S(=O)(=O)[O-])cc(O)c12.[Na+].[Na+].[Na+]. The van der Waals surface area contributed by atoms with Crippen molar-refractivity contribution in [2.45, 2.75) is 9.79 Å². The van der Waals surface area contributed by atoms with Crippen LogP contribution in [0.5, 0.6) is 11.5 Å². The Labute approximate surface area is 413 Å². The van der Waals surface area contributed by atoms with Gasteiger partial charge in [0.1, 0.15) is 48.0 Å². The Bertz CT molecular complexity index is 3130. The minimum atomic E-state index is -5.56. The van der Waals surface area contributed by atoms with E-state index in [1.54, 1.807) is 78.9 Å². The summed E-state index contributed by atoms with van der Waals surface area (Å²) >= 11 is 0. The first kappa shape index (κ1) is 49.2. The summed E-state index contributed by atoms with van der Waals surface area (Å²) in [4.78, 5) is 9.08. The Morgan fingerprint density at radius 3 is 1.69 bits per heavy atom. The van der Waals surface area contributed by atoms with Crippen LogP contribution in [0.25, 0.3) is 32.7 Å². The van der Waals surface area contributed by atoms with Gasteiger partial charge in [0, 0.05) is 16.3 Å². The van der Waals surface area contributed by atoms with E-state index in [4.69, 9.17) is 5.73 Å².